The Morgan fingerprint density at radius 3 is 2.76 bits per heavy atom. The largest absolute Gasteiger partial charge is 0.410 e. The van der Waals surface area contributed by atoms with E-state index < -0.39 is 12.2 Å². The lowest BCUT2D eigenvalue weighted by molar-refractivity contribution is -0.173. The Bertz CT molecular complexity index is 902. The minimum absolute atomic E-state index is 0.0701. The highest BCUT2D eigenvalue weighted by Gasteiger charge is 2.46. The van der Waals surface area contributed by atoms with Crippen LogP contribution in [-0.4, -0.2) is 49.1 Å². The Kier molecular flexibility index (Phi) is 4.82. The van der Waals surface area contributed by atoms with E-state index in [1.54, 1.807) is 35.0 Å². The van der Waals surface area contributed by atoms with Gasteiger partial charge in [0.05, 0.1) is 23.5 Å². The first kappa shape index (κ1) is 19.8. The smallest absolute Gasteiger partial charge is 0.368 e. The zero-order chi connectivity index (χ0) is 20.9. The fourth-order valence-electron chi connectivity index (χ4n) is 4.15. The first-order valence-electron chi connectivity index (χ1n) is 9.93. The second-order valence-electron chi connectivity index (χ2n) is 8.20. The summed E-state index contributed by atoms with van der Waals surface area (Å²) in [7, 11) is 0. The van der Waals surface area contributed by atoms with Gasteiger partial charge in [-0.15, -0.1) is 0 Å². The van der Waals surface area contributed by atoms with Crippen molar-refractivity contribution >= 4 is 11.7 Å². The van der Waals surface area contributed by atoms with Crippen molar-refractivity contribution < 1.29 is 18.0 Å². The molecule has 1 N–H and O–H groups in total. The van der Waals surface area contributed by atoms with Crippen LogP contribution in [0.3, 0.4) is 0 Å². The average molecular weight is 410 g/mol. The quantitative estimate of drug-likeness (QED) is 0.832. The molecule has 2 aliphatic rings. The molecule has 29 heavy (non-hydrogen) atoms. The highest BCUT2D eigenvalue weighted by atomic mass is 19.4. The first-order chi connectivity index (χ1) is 13.6. The number of aromatic nitrogens is 4. The molecule has 2 aliphatic heterocycles. The second kappa shape index (κ2) is 7.07. The summed E-state index contributed by atoms with van der Waals surface area (Å²) in [6.45, 7) is 6.22. The van der Waals surface area contributed by atoms with Gasteiger partial charge in [-0.1, -0.05) is 0 Å². The Labute approximate surface area is 166 Å². The van der Waals surface area contributed by atoms with E-state index in [1.165, 1.54) is 0 Å². The van der Waals surface area contributed by atoms with E-state index in [-0.39, 0.29) is 30.5 Å². The monoisotopic (exact) mass is 410 g/mol. The van der Waals surface area contributed by atoms with Crippen LogP contribution >= 0.6 is 0 Å². The highest BCUT2D eigenvalue weighted by Crippen LogP contribution is 2.41. The molecule has 3 atom stereocenters. The number of likely N-dealkylation sites (tertiary alicyclic amines) is 1. The zero-order valence-corrected chi connectivity index (χ0v) is 16.6. The number of carbonyl (C=O) groups is 1. The molecule has 1 fully saturated rings. The molecule has 1 saturated heterocycles. The fraction of sp³-hybridized carbons (Fsp3) is 0.632. The van der Waals surface area contributed by atoms with E-state index in [2.05, 4.69) is 15.5 Å². The van der Waals surface area contributed by atoms with Crippen molar-refractivity contribution in [2.24, 2.45) is 0 Å². The molecular weight excluding hydrogens is 385 g/mol. The van der Waals surface area contributed by atoms with E-state index in [0.29, 0.717) is 30.0 Å². The summed E-state index contributed by atoms with van der Waals surface area (Å²) in [5.41, 5.74) is 0.979. The third-order valence-corrected chi connectivity index (χ3v) is 5.63. The third-order valence-electron chi connectivity index (χ3n) is 5.63. The standard InChI is InChI=1S/C19H25F3N6O/c1-11(2)27-10-13(9-23-27)18(29)26-6-4-5-15(26)14-8-17-24-12(3)7-16(19(20,21)22)28(17)25-14/h8-12,15-16,24H,4-7H2,1-3H3/t12-,15+,16-/m1/s1. The SMILES string of the molecule is CC(C)n1cc(C(=O)N2CCC[C@H]2c2cc3n(n2)[C@@H](C(F)(F)F)C[C@@H](C)N3)cn1. The highest BCUT2D eigenvalue weighted by molar-refractivity contribution is 5.94. The predicted molar refractivity (Wildman–Crippen MR) is 101 cm³/mol. The van der Waals surface area contributed by atoms with Crippen LogP contribution in [0.2, 0.25) is 0 Å². The second-order valence-corrected chi connectivity index (χ2v) is 8.20. The Morgan fingerprint density at radius 2 is 2.10 bits per heavy atom. The van der Waals surface area contributed by atoms with E-state index in [0.717, 1.165) is 11.1 Å². The lowest BCUT2D eigenvalue weighted by Crippen LogP contribution is -2.38. The van der Waals surface area contributed by atoms with Crippen LogP contribution in [0.1, 0.15) is 74.2 Å². The van der Waals surface area contributed by atoms with Gasteiger partial charge >= 0.3 is 6.18 Å². The minimum atomic E-state index is -4.37. The summed E-state index contributed by atoms with van der Waals surface area (Å²) in [5, 5.41) is 11.6. The van der Waals surface area contributed by atoms with Gasteiger partial charge in [-0.05, 0) is 40.0 Å². The predicted octanol–water partition coefficient (Wildman–Crippen LogP) is 3.95. The van der Waals surface area contributed by atoms with Crippen molar-refractivity contribution in [2.45, 2.75) is 70.4 Å². The number of fused-ring (bicyclic) bond motifs is 1. The van der Waals surface area contributed by atoms with E-state index in [9.17, 15) is 18.0 Å². The molecular formula is C19H25F3N6O. The number of halogens is 3. The van der Waals surface area contributed by atoms with Crippen LogP contribution in [0.15, 0.2) is 18.5 Å². The molecule has 10 heteroatoms. The molecule has 0 bridgehead atoms. The summed E-state index contributed by atoms with van der Waals surface area (Å²) in [6, 6.07) is -0.506. The molecule has 0 spiro atoms. The molecule has 2 aromatic heterocycles. The molecule has 2 aromatic rings. The van der Waals surface area contributed by atoms with Gasteiger partial charge in [0.15, 0.2) is 6.04 Å². The fourth-order valence-corrected chi connectivity index (χ4v) is 4.15. The molecule has 0 saturated carbocycles. The molecule has 0 aromatic carbocycles. The third kappa shape index (κ3) is 3.60. The van der Waals surface area contributed by atoms with Crippen molar-refractivity contribution in [3.05, 3.63) is 29.7 Å². The molecule has 0 aliphatic carbocycles. The number of nitrogens with one attached hydrogen (secondary N) is 1. The number of alkyl halides is 3. The Hall–Kier alpha value is -2.52. The van der Waals surface area contributed by atoms with Crippen molar-refractivity contribution in [1.29, 1.82) is 0 Å². The van der Waals surface area contributed by atoms with Crippen molar-refractivity contribution in [3.63, 3.8) is 0 Å². The Morgan fingerprint density at radius 1 is 1.34 bits per heavy atom. The zero-order valence-electron chi connectivity index (χ0n) is 16.6. The summed E-state index contributed by atoms with van der Waals surface area (Å²) >= 11 is 0. The minimum Gasteiger partial charge on any atom is -0.368 e. The van der Waals surface area contributed by atoms with E-state index in [1.807, 2.05) is 13.8 Å². The Balaban J connectivity index is 1.62. The lowest BCUT2D eigenvalue weighted by atomic mass is 10.1. The topological polar surface area (TPSA) is 68.0 Å². The van der Waals surface area contributed by atoms with Gasteiger partial charge in [0.2, 0.25) is 0 Å². The number of carbonyl (C=O) groups excluding carboxylic acids is 1. The molecule has 0 radical (unpaired) electrons. The normalized spacial score (nSPS) is 24.7. The van der Waals surface area contributed by atoms with Crippen molar-refractivity contribution in [3.8, 4) is 0 Å². The molecule has 1 amide bonds. The van der Waals surface area contributed by atoms with Gasteiger partial charge in [0, 0.05) is 30.9 Å². The molecule has 4 rings (SSSR count). The van der Waals surface area contributed by atoms with Gasteiger partial charge in [-0.25, -0.2) is 4.68 Å². The van der Waals surface area contributed by atoms with E-state index >= 15 is 0 Å². The van der Waals surface area contributed by atoms with Gasteiger partial charge in [0.1, 0.15) is 5.82 Å². The van der Waals surface area contributed by atoms with Crippen LogP contribution in [-0.2, 0) is 0 Å². The summed E-state index contributed by atoms with van der Waals surface area (Å²) in [5.74, 6) is 0.187. The van der Waals surface area contributed by atoms with E-state index in [4.69, 9.17) is 0 Å². The number of anilines is 1. The van der Waals surface area contributed by atoms with Crippen molar-refractivity contribution in [1.82, 2.24) is 24.5 Å². The maximum atomic E-state index is 13.5. The van der Waals surface area contributed by atoms with Gasteiger partial charge in [-0.2, -0.15) is 23.4 Å². The van der Waals surface area contributed by atoms with Crippen LogP contribution in [0.5, 0.6) is 0 Å². The summed E-state index contributed by atoms with van der Waals surface area (Å²) in [6.07, 6.45) is 0.267. The first-order valence-corrected chi connectivity index (χ1v) is 9.93. The summed E-state index contributed by atoms with van der Waals surface area (Å²) in [4.78, 5) is 14.7. The average Bonchev–Trinajstić information content (AvgIpc) is 3.37. The molecule has 4 heterocycles. The van der Waals surface area contributed by atoms with Crippen LogP contribution < -0.4 is 5.32 Å². The lowest BCUT2D eigenvalue weighted by Gasteiger charge is -2.31. The molecule has 7 nitrogen and oxygen atoms in total. The van der Waals surface area contributed by atoms with Gasteiger partial charge in [0.25, 0.3) is 5.91 Å². The van der Waals surface area contributed by atoms with Gasteiger partial charge < -0.3 is 10.2 Å². The molecule has 158 valence electrons. The van der Waals surface area contributed by atoms with Gasteiger partial charge in [-0.3, -0.25) is 9.48 Å². The summed E-state index contributed by atoms with van der Waals surface area (Å²) < 4.78 is 43.3. The molecule has 0 unspecified atom stereocenters. The number of nitrogens with zero attached hydrogens (tertiary/aromatic N) is 5. The van der Waals surface area contributed by atoms with Crippen LogP contribution in [0.4, 0.5) is 19.0 Å². The maximum Gasteiger partial charge on any atom is 0.410 e. The van der Waals surface area contributed by atoms with Crippen molar-refractivity contribution in [2.75, 3.05) is 11.9 Å². The number of amides is 1. The van der Waals surface area contributed by atoms with Crippen LogP contribution in [0.25, 0.3) is 0 Å². The number of hydrogen-bond acceptors (Lipinski definition) is 4. The van der Waals surface area contributed by atoms with Crippen LogP contribution in [0, 0.1) is 0 Å². The maximum absolute atomic E-state index is 13.5. The number of hydrogen-bond donors (Lipinski definition) is 1. The number of rotatable bonds is 3.